The van der Waals surface area contributed by atoms with Crippen molar-refractivity contribution in [3.05, 3.63) is 24.8 Å². The van der Waals surface area contributed by atoms with Crippen LogP contribution in [0, 0.1) is 12.9 Å². The first-order valence-electron chi connectivity index (χ1n) is 1.38. The molecule has 0 fully saturated rings. The second kappa shape index (κ2) is 22.5. The molecule has 2 atom stereocenters. The molecule has 0 saturated heterocycles. The van der Waals surface area contributed by atoms with E-state index < -0.39 is 5.83 Å². The molecule has 0 N–H and O–H groups in total. The summed E-state index contributed by atoms with van der Waals surface area (Å²) in [7, 11) is 4.64. The molecule has 0 aromatic heterocycles. The Morgan fingerprint density at radius 3 is 1.80 bits per heavy atom. The number of hydrogen-bond donors (Lipinski definition) is 0. The third-order valence-corrected chi connectivity index (χ3v) is 0.237. The Labute approximate surface area is 80.9 Å². The van der Waals surface area contributed by atoms with Gasteiger partial charge in [-0.3, -0.25) is 0 Å². The Bertz CT molecular complexity index is 89.3. The Morgan fingerprint density at radius 1 is 1.50 bits per heavy atom. The van der Waals surface area contributed by atoms with E-state index in [4.69, 9.17) is 0 Å². The zero-order valence-electron chi connectivity index (χ0n) is 5.04. The zero-order valence-corrected chi connectivity index (χ0v) is 11.0. The second-order valence-corrected chi connectivity index (χ2v) is 0.609. The van der Waals surface area contributed by atoms with Crippen molar-refractivity contribution in [2.45, 2.75) is 0 Å². The molecule has 0 saturated carbocycles. The quantitative estimate of drug-likeness (QED) is 0.370. The normalized spacial score (nSPS) is 7.40. The van der Waals surface area contributed by atoms with Crippen molar-refractivity contribution in [1.82, 2.24) is 0 Å². The van der Waals surface area contributed by atoms with Gasteiger partial charge in [-0.1, -0.05) is 0 Å². The average Bonchev–Trinajstić information content (AvgIpc) is 1.91. The van der Waals surface area contributed by atoms with Crippen LogP contribution < -0.4 is 0 Å². The molecule has 0 aliphatic carbocycles. The number of rotatable bonds is 1. The molecule has 0 rings (SSSR count). The van der Waals surface area contributed by atoms with Crippen LogP contribution >= 0.6 is 29.4 Å². The Balaban J connectivity index is -0.0000000412. The zero-order chi connectivity index (χ0) is 6.99. The third kappa shape index (κ3) is 22.9. The molecular formula is C4H8ClF2IrP2. The molecule has 0 heterocycles. The van der Waals surface area contributed by atoms with E-state index in [9.17, 15) is 8.78 Å². The Hall–Kier alpha value is 1.14. The van der Waals surface area contributed by atoms with Crippen LogP contribution in [0.2, 0.25) is 0 Å². The third-order valence-electron chi connectivity index (χ3n) is 0.237. The Kier molecular flexibility index (Phi) is 50.5. The number of allylic oxidation sites excluding steroid dienone is 2. The van der Waals surface area contributed by atoms with Crippen LogP contribution in [-0.2, 0) is 17.9 Å². The molecule has 0 radical (unpaired) electrons. The van der Waals surface area contributed by atoms with Crippen LogP contribution in [0.4, 0.5) is 8.78 Å². The Morgan fingerprint density at radius 2 is 1.80 bits per heavy atom. The first-order valence-corrected chi connectivity index (χ1v) is 4.34. The first-order chi connectivity index (χ1) is 3.81. The molecule has 0 spiro atoms. The molecular weight excluding hydrogens is 376 g/mol. The predicted octanol–water partition coefficient (Wildman–Crippen LogP) is 2.36. The van der Waals surface area contributed by atoms with E-state index in [-0.39, 0.29) is 19.8 Å². The fourth-order valence-electron chi connectivity index (χ4n) is 0.0315. The summed E-state index contributed by atoms with van der Waals surface area (Å²) in [4.78, 5) is 0. The van der Waals surface area contributed by atoms with Gasteiger partial charge in [0.2, 0.25) is 0 Å². The van der Waals surface area contributed by atoms with E-state index in [1.54, 1.807) is 0 Å². The minimum atomic E-state index is -1.17. The summed E-state index contributed by atoms with van der Waals surface area (Å²) < 4.78 is 21.7. The van der Waals surface area contributed by atoms with E-state index >= 15 is 0 Å². The summed E-state index contributed by atoms with van der Waals surface area (Å²) in [6.45, 7) is 4.44. The average molecular weight is 384 g/mol. The van der Waals surface area contributed by atoms with E-state index in [1.165, 1.54) is 17.9 Å². The van der Waals surface area contributed by atoms with Crippen molar-refractivity contribution in [2.24, 2.45) is 0 Å². The van der Waals surface area contributed by atoms with Gasteiger partial charge in [0, 0.05) is 0 Å². The molecule has 2 unspecified atom stereocenters. The van der Waals surface area contributed by atoms with Gasteiger partial charge in [0.05, 0.1) is 0 Å². The molecule has 0 bridgehead atoms. The van der Waals surface area contributed by atoms with Crippen molar-refractivity contribution in [2.75, 3.05) is 0 Å². The molecule has 6 heteroatoms. The first kappa shape index (κ1) is 22.5. The molecule has 0 aromatic rings. The summed E-state index contributed by atoms with van der Waals surface area (Å²) in [5.41, 5.74) is 0. The van der Waals surface area contributed by atoms with Crippen molar-refractivity contribution in [3.8, 4) is 0 Å². The van der Waals surface area contributed by atoms with Gasteiger partial charge >= 0.3 is 27.5 Å². The molecule has 0 aliphatic rings. The van der Waals surface area contributed by atoms with Gasteiger partial charge in [-0.05, 0) is 0 Å². The van der Waals surface area contributed by atoms with Crippen molar-refractivity contribution in [1.29, 1.82) is 0 Å². The van der Waals surface area contributed by atoms with Crippen LogP contribution in [-0.4, -0.2) is 0 Å². The fraction of sp³-hybridized carbons (Fsp3) is 0. The van der Waals surface area contributed by atoms with E-state index in [0.29, 0.717) is 12.4 Å². The molecule has 10 heavy (non-hydrogen) atoms. The van der Waals surface area contributed by atoms with Gasteiger partial charge in [-0.15, -0.1) is 6.33 Å². The van der Waals surface area contributed by atoms with Crippen molar-refractivity contribution < 1.29 is 26.7 Å². The van der Waals surface area contributed by atoms with E-state index in [0.717, 1.165) is 0 Å². The second-order valence-electron chi connectivity index (χ2n) is 0.609. The summed E-state index contributed by atoms with van der Waals surface area (Å²) in [5, 5.41) is 0. The van der Waals surface area contributed by atoms with Crippen LogP contribution in [0.3, 0.4) is 0 Å². The maximum absolute atomic E-state index is 11.1. The summed E-state index contributed by atoms with van der Waals surface area (Å²) in [6.07, 6.45) is 1.17. The summed E-state index contributed by atoms with van der Waals surface area (Å²) in [6, 6.07) is 0. The summed E-state index contributed by atoms with van der Waals surface area (Å²) >= 11 is 1.47. The van der Waals surface area contributed by atoms with Gasteiger partial charge in [-0.25, -0.2) is 0 Å². The molecule has 0 amide bonds. The monoisotopic (exact) mass is 384 g/mol. The van der Waals surface area contributed by atoms with Crippen molar-refractivity contribution in [3.63, 3.8) is 0 Å². The fourth-order valence-corrected chi connectivity index (χ4v) is 0.0315. The van der Waals surface area contributed by atoms with Crippen LogP contribution in [0.15, 0.2) is 11.9 Å². The van der Waals surface area contributed by atoms with Crippen LogP contribution in [0.1, 0.15) is 0 Å². The SMILES string of the molecule is P.P.[CH-]=CC(F)=[C-]F.[Cl][Ir+2]. The van der Waals surface area contributed by atoms with Gasteiger partial charge in [0.25, 0.3) is 0 Å². The molecule has 0 nitrogen and oxygen atoms in total. The van der Waals surface area contributed by atoms with Crippen LogP contribution in [0.5, 0.6) is 0 Å². The topological polar surface area (TPSA) is 0 Å². The summed E-state index contributed by atoms with van der Waals surface area (Å²) in [5.74, 6) is -1.17. The molecule has 64 valence electrons. The van der Waals surface area contributed by atoms with Crippen LogP contribution in [0.25, 0.3) is 0 Å². The number of halogens is 3. The molecule has 0 aliphatic heterocycles. The van der Waals surface area contributed by atoms with Gasteiger partial charge in [0.1, 0.15) is 0 Å². The van der Waals surface area contributed by atoms with E-state index in [1.807, 2.05) is 0 Å². The minimum absolute atomic E-state index is 0. The van der Waals surface area contributed by atoms with Gasteiger partial charge < -0.3 is 21.4 Å². The predicted molar refractivity (Wildman–Crippen MR) is 45.9 cm³/mol. The molecule has 0 aromatic carbocycles. The standard InChI is InChI=1S/C4H2F2.ClH.Ir.2H3P/c1-2-4(6)3-5;;;;/h1-2H;1H;;2*1H3/q-2;;+3;;/p-1. The van der Waals surface area contributed by atoms with Gasteiger partial charge in [0.15, 0.2) is 0 Å². The number of hydrogen-bond acceptors (Lipinski definition) is 0. The maximum atomic E-state index is 11.1. The van der Waals surface area contributed by atoms with E-state index in [2.05, 4.69) is 16.2 Å². The van der Waals surface area contributed by atoms with Gasteiger partial charge in [-0.2, -0.15) is 25.6 Å². The van der Waals surface area contributed by atoms with Crippen molar-refractivity contribution >= 4 is 29.4 Å².